The summed E-state index contributed by atoms with van der Waals surface area (Å²) in [4.78, 5) is 57.6. The number of hydrogen-bond acceptors (Lipinski definition) is 6. The van der Waals surface area contributed by atoms with Crippen LogP contribution < -0.4 is 20.7 Å². The lowest BCUT2D eigenvalue weighted by atomic mass is 10.0. The lowest BCUT2D eigenvalue weighted by molar-refractivity contribution is -0.136. The first kappa shape index (κ1) is 36.5. The molecule has 0 saturated carbocycles. The predicted octanol–water partition coefficient (Wildman–Crippen LogP) is 3.94. The minimum absolute atomic E-state index is 0.183. The van der Waals surface area contributed by atoms with Crippen molar-refractivity contribution in [3.05, 3.63) is 65.7 Å². The number of carbonyl (C=O) groups is 4. The number of para-hydroxylation sites is 1. The number of benzene rings is 2. The molecule has 46 heavy (non-hydrogen) atoms. The van der Waals surface area contributed by atoms with E-state index in [0.717, 1.165) is 44.1 Å². The van der Waals surface area contributed by atoms with E-state index in [1.807, 2.05) is 49.3 Å². The lowest BCUT2D eigenvalue weighted by Gasteiger charge is -2.26. The number of hydrogen-bond donors (Lipinski definition) is 3. The van der Waals surface area contributed by atoms with Crippen molar-refractivity contribution in [3.8, 4) is 5.75 Å². The van der Waals surface area contributed by atoms with Crippen LogP contribution in [0.5, 0.6) is 5.75 Å². The zero-order valence-corrected chi connectivity index (χ0v) is 27.9. The second-order valence-electron chi connectivity index (χ2n) is 12.4. The van der Waals surface area contributed by atoms with Crippen molar-refractivity contribution in [2.24, 2.45) is 0 Å². The summed E-state index contributed by atoms with van der Waals surface area (Å²) >= 11 is 0. The molecular weight excluding hydrogens is 582 g/mol. The van der Waals surface area contributed by atoms with Crippen LogP contribution in [0.1, 0.15) is 80.1 Å². The Labute approximate surface area is 274 Å². The summed E-state index contributed by atoms with van der Waals surface area (Å²) < 4.78 is 6.00. The van der Waals surface area contributed by atoms with E-state index in [4.69, 9.17) is 4.74 Å². The van der Waals surface area contributed by atoms with Crippen molar-refractivity contribution in [3.63, 3.8) is 0 Å². The molecule has 0 aromatic heterocycles. The Morgan fingerprint density at radius 2 is 1.50 bits per heavy atom. The van der Waals surface area contributed by atoms with Gasteiger partial charge in [0, 0.05) is 33.1 Å². The number of amides is 4. The van der Waals surface area contributed by atoms with Gasteiger partial charge in [-0.1, -0.05) is 87.4 Å². The summed E-state index contributed by atoms with van der Waals surface area (Å²) in [5.74, 6) is -1.23. The molecular formula is C36H53N5O5. The third-order valence-corrected chi connectivity index (χ3v) is 8.19. The molecule has 0 saturated heterocycles. The van der Waals surface area contributed by atoms with Gasteiger partial charge in [0.1, 0.15) is 17.8 Å². The van der Waals surface area contributed by atoms with Crippen LogP contribution in [-0.2, 0) is 20.8 Å². The molecule has 10 heteroatoms. The van der Waals surface area contributed by atoms with Gasteiger partial charge in [-0.2, -0.15) is 0 Å². The smallest absolute Gasteiger partial charge is 0.255 e. The van der Waals surface area contributed by atoms with E-state index in [9.17, 15) is 19.2 Å². The average Bonchev–Trinajstić information content (AvgIpc) is 3.04. The Kier molecular flexibility index (Phi) is 16.1. The number of nitrogens with zero attached hydrogens (tertiary/aromatic N) is 2. The standard InChI is InChI=1S/C36H53N5O5/c1-40(2)24-22-37-35(44)30-27-33(42)38-31(26-28-18-12-11-13-19-28)36(45)41(3)23-16-9-7-5-4-6-8-10-17-25-46-32-21-15-14-20-29(32)34(43)39-30/h11-15,18-21,30-31H,4-10,16-17,22-27H2,1-3H3,(H,37,44)(H,38,42)(H,39,43)/t30-,31-/m0/s1. The molecule has 0 unspecified atom stereocenters. The maximum atomic E-state index is 13.6. The third kappa shape index (κ3) is 13.2. The molecule has 2 atom stereocenters. The number of fused-ring (bicyclic) bond motifs is 1. The van der Waals surface area contributed by atoms with Gasteiger partial charge in [0.15, 0.2) is 0 Å². The maximum absolute atomic E-state index is 13.6. The van der Waals surface area contributed by atoms with Gasteiger partial charge in [0.25, 0.3) is 5.91 Å². The second kappa shape index (κ2) is 20.3. The van der Waals surface area contributed by atoms with Gasteiger partial charge in [-0.05, 0) is 44.6 Å². The molecule has 10 nitrogen and oxygen atoms in total. The van der Waals surface area contributed by atoms with Crippen LogP contribution in [0.3, 0.4) is 0 Å². The van der Waals surface area contributed by atoms with Crippen LogP contribution in [0, 0.1) is 0 Å². The molecule has 1 aliphatic heterocycles. The molecule has 1 heterocycles. The maximum Gasteiger partial charge on any atom is 0.255 e. The van der Waals surface area contributed by atoms with Crippen LogP contribution in [0.4, 0.5) is 0 Å². The summed E-state index contributed by atoms with van der Waals surface area (Å²) in [6.45, 7) is 2.03. The Hall–Kier alpha value is -3.92. The SMILES string of the molecule is CN(C)CCNC(=O)[C@@H]1CC(=O)N[C@@H](Cc2ccccc2)C(=O)N(C)CCCCCCCCCCCOc2ccccc2C(=O)N1. The van der Waals surface area contributed by atoms with Crippen LogP contribution in [-0.4, -0.2) is 92.9 Å². The van der Waals surface area contributed by atoms with E-state index in [-0.39, 0.29) is 12.3 Å². The largest absolute Gasteiger partial charge is 0.493 e. The van der Waals surface area contributed by atoms with E-state index < -0.39 is 29.8 Å². The number of likely N-dealkylation sites (N-methyl/N-ethyl adjacent to an activating group) is 2. The quantitative estimate of drug-likeness (QED) is 0.443. The molecule has 3 rings (SSSR count). The molecule has 4 amide bonds. The Balaban J connectivity index is 1.83. The summed E-state index contributed by atoms with van der Waals surface area (Å²) in [7, 11) is 5.56. The van der Waals surface area contributed by atoms with Gasteiger partial charge in [0.2, 0.25) is 17.7 Å². The average molecular weight is 636 g/mol. The number of carbonyl (C=O) groups excluding carboxylic acids is 4. The van der Waals surface area contributed by atoms with Crippen LogP contribution in [0.2, 0.25) is 0 Å². The predicted molar refractivity (Wildman–Crippen MR) is 181 cm³/mol. The van der Waals surface area contributed by atoms with E-state index in [1.165, 1.54) is 19.3 Å². The van der Waals surface area contributed by atoms with Crippen molar-refractivity contribution in [1.82, 2.24) is 25.8 Å². The normalized spacial score (nSPS) is 20.2. The fraction of sp³-hybridized carbons (Fsp3) is 0.556. The molecule has 0 bridgehead atoms. The third-order valence-electron chi connectivity index (χ3n) is 8.19. The molecule has 2 aromatic rings. The highest BCUT2D eigenvalue weighted by Gasteiger charge is 2.29. The Bertz CT molecular complexity index is 1240. The van der Waals surface area contributed by atoms with E-state index in [1.54, 1.807) is 36.2 Å². The number of ether oxygens (including phenoxy) is 1. The minimum Gasteiger partial charge on any atom is -0.493 e. The second-order valence-corrected chi connectivity index (χ2v) is 12.4. The summed E-state index contributed by atoms with van der Waals surface area (Å²) in [6.07, 6.45) is 9.67. The summed E-state index contributed by atoms with van der Waals surface area (Å²) in [5, 5.41) is 8.49. The molecule has 2 aromatic carbocycles. The van der Waals surface area contributed by atoms with Gasteiger partial charge in [-0.3, -0.25) is 19.2 Å². The minimum atomic E-state index is -1.16. The van der Waals surface area contributed by atoms with Crippen LogP contribution >= 0.6 is 0 Å². The molecule has 1 aliphatic rings. The molecule has 252 valence electrons. The zero-order chi connectivity index (χ0) is 33.1. The summed E-state index contributed by atoms with van der Waals surface area (Å²) in [6, 6.07) is 14.5. The number of nitrogens with one attached hydrogen (secondary N) is 3. The van der Waals surface area contributed by atoms with Crippen molar-refractivity contribution in [1.29, 1.82) is 0 Å². The van der Waals surface area contributed by atoms with Gasteiger partial charge in [0.05, 0.1) is 18.6 Å². The van der Waals surface area contributed by atoms with Crippen LogP contribution in [0.15, 0.2) is 54.6 Å². The van der Waals surface area contributed by atoms with E-state index >= 15 is 0 Å². The van der Waals surface area contributed by atoms with E-state index in [2.05, 4.69) is 16.0 Å². The topological polar surface area (TPSA) is 120 Å². The van der Waals surface area contributed by atoms with Gasteiger partial charge in [-0.15, -0.1) is 0 Å². The van der Waals surface area contributed by atoms with E-state index in [0.29, 0.717) is 44.0 Å². The highest BCUT2D eigenvalue weighted by Crippen LogP contribution is 2.19. The molecule has 0 radical (unpaired) electrons. The molecule has 3 N–H and O–H groups in total. The molecule has 0 aliphatic carbocycles. The number of rotatable bonds is 6. The fourth-order valence-electron chi connectivity index (χ4n) is 5.49. The van der Waals surface area contributed by atoms with Crippen molar-refractivity contribution in [2.75, 3.05) is 47.4 Å². The van der Waals surface area contributed by atoms with Gasteiger partial charge < -0.3 is 30.5 Å². The zero-order valence-electron chi connectivity index (χ0n) is 27.9. The van der Waals surface area contributed by atoms with Gasteiger partial charge in [-0.25, -0.2) is 0 Å². The lowest BCUT2D eigenvalue weighted by Crippen LogP contribution is -2.53. The molecule has 0 fully saturated rings. The molecule has 0 spiro atoms. The first-order chi connectivity index (χ1) is 22.2. The monoisotopic (exact) mass is 635 g/mol. The highest BCUT2D eigenvalue weighted by molar-refractivity contribution is 6.01. The highest BCUT2D eigenvalue weighted by atomic mass is 16.5. The summed E-state index contributed by atoms with van der Waals surface area (Å²) in [5.41, 5.74) is 1.21. The fourth-order valence-corrected chi connectivity index (χ4v) is 5.49. The Morgan fingerprint density at radius 3 is 2.20 bits per heavy atom. The van der Waals surface area contributed by atoms with Crippen molar-refractivity contribution < 1.29 is 23.9 Å². The van der Waals surface area contributed by atoms with Crippen molar-refractivity contribution >= 4 is 23.6 Å². The first-order valence-electron chi connectivity index (χ1n) is 16.8. The Morgan fingerprint density at radius 1 is 0.870 bits per heavy atom. The van der Waals surface area contributed by atoms with Crippen molar-refractivity contribution in [2.45, 2.75) is 82.7 Å². The van der Waals surface area contributed by atoms with Gasteiger partial charge >= 0.3 is 0 Å². The van der Waals surface area contributed by atoms with Crippen LogP contribution in [0.25, 0.3) is 0 Å². The first-order valence-corrected chi connectivity index (χ1v) is 16.8.